The van der Waals surface area contributed by atoms with Crippen LogP contribution in [0, 0.1) is 0 Å². The quantitative estimate of drug-likeness (QED) is 0.282. The van der Waals surface area contributed by atoms with Crippen molar-refractivity contribution >= 4 is 29.1 Å². The summed E-state index contributed by atoms with van der Waals surface area (Å²) in [4.78, 5) is 26.0. The Morgan fingerprint density at radius 3 is 2.22 bits per heavy atom. The standard InChI is InChI=1S/C28H23ClF3N3O2/c1-17(18-9-13-21(29)14-10-18)33-27(37)25-15-22(16-35(25)2)34-26(36)24-6-4-3-5-23(24)19-7-11-20(12-8-19)28(30,31)32/h3-17H,1-2H3,(H,33,37)(H,34,36). The molecule has 2 N–H and O–H groups in total. The number of rotatable bonds is 6. The van der Waals surface area contributed by atoms with E-state index in [2.05, 4.69) is 10.6 Å². The smallest absolute Gasteiger partial charge is 0.344 e. The lowest BCUT2D eigenvalue weighted by Crippen LogP contribution is -2.28. The highest BCUT2D eigenvalue weighted by Gasteiger charge is 2.30. The molecule has 4 aromatic rings. The fourth-order valence-corrected chi connectivity index (χ4v) is 4.06. The van der Waals surface area contributed by atoms with Crippen LogP contribution in [-0.4, -0.2) is 16.4 Å². The molecule has 0 spiro atoms. The van der Waals surface area contributed by atoms with Crippen molar-refractivity contribution in [3.8, 4) is 11.1 Å². The van der Waals surface area contributed by atoms with Crippen LogP contribution in [0.5, 0.6) is 0 Å². The average molecular weight is 526 g/mol. The van der Waals surface area contributed by atoms with Crippen LogP contribution in [-0.2, 0) is 13.2 Å². The Morgan fingerprint density at radius 1 is 0.919 bits per heavy atom. The summed E-state index contributed by atoms with van der Waals surface area (Å²) in [6.45, 7) is 1.85. The molecule has 9 heteroatoms. The first-order chi connectivity index (χ1) is 17.5. The van der Waals surface area contributed by atoms with E-state index in [9.17, 15) is 22.8 Å². The molecule has 4 rings (SSSR count). The van der Waals surface area contributed by atoms with Gasteiger partial charge in [0, 0.05) is 23.8 Å². The second-order valence-corrected chi connectivity index (χ2v) is 8.98. The zero-order valence-corrected chi connectivity index (χ0v) is 20.7. The van der Waals surface area contributed by atoms with Crippen LogP contribution in [0.1, 0.15) is 44.9 Å². The van der Waals surface area contributed by atoms with Crippen LogP contribution in [0.2, 0.25) is 5.02 Å². The lowest BCUT2D eigenvalue weighted by Gasteiger charge is -2.14. The van der Waals surface area contributed by atoms with Crippen LogP contribution in [0.3, 0.4) is 0 Å². The number of hydrogen-bond donors (Lipinski definition) is 2. The Morgan fingerprint density at radius 2 is 1.57 bits per heavy atom. The molecule has 0 radical (unpaired) electrons. The zero-order valence-electron chi connectivity index (χ0n) is 19.9. The highest BCUT2D eigenvalue weighted by molar-refractivity contribution is 6.30. The van der Waals surface area contributed by atoms with E-state index in [1.807, 2.05) is 19.1 Å². The van der Waals surface area contributed by atoms with Crippen molar-refractivity contribution in [2.45, 2.75) is 19.1 Å². The lowest BCUT2D eigenvalue weighted by molar-refractivity contribution is -0.137. The van der Waals surface area contributed by atoms with Gasteiger partial charge in [0.25, 0.3) is 11.8 Å². The molecule has 1 heterocycles. The number of benzene rings is 3. The lowest BCUT2D eigenvalue weighted by atomic mass is 9.98. The first-order valence-corrected chi connectivity index (χ1v) is 11.7. The van der Waals surface area contributed by atoms with Gasteiger partial charge in [-0.05, 0) is 60.0 Å². The number of halogens is 4. The maximum absolute atomic E-state index is 13.1. The van der Waals surface area contributed by atoms with Gasteiger partial charge in [0.1, 0.15) is 5.69 Å². The maximum Gasteiger partial charge on any atom is 0.416 e. The second-order valence-electron chi connectivity index (χ2n) is 8.55. The highest BCUT2D eigenvalue weighted by atomic mass is 35.5. The molecule has 5 nitrogen and oxygen atoms in total. The molecule has 1 atom stereocenters. The molecule has 1 unspecified atom stereocenters. The number of nitrogens with one attached hydrogen (secondary N) is 2. The van der Waals surface area contributed by atoms with Gasteiger partial charge in [-0.25, -0.2) is 0 Å². The fraction of sp³-hybridized carbons (Fsp3) is 0.143. The minimum Gasteiger partial charge on any atom is -0.344 e. The zero-order chi connectivity index (χ0) is 26.7. The predicted molar refractivity (Wildman–Crippen MR) is 138 cm³/mol. The molecule has 0 saturated carbocycles. The predicted octanol–water partition coefficient (Wildman–Crippen LogP) is 7.11. The van der Waals surface area contributed by atoms with Crippen molar-refractivity contribution in [3.05, 3.63) is 112 Å². The summed E-state index contributed by atoms with van der Waals surface area (Å²) in [7, 11) is 1.69. The number of anilines is 1. The Balaban J connectivity index is 1.50. The van der Waals surface area contributed by atoms with Crippen LogP contribution in [0.15, 0.2) is 85.1 Å². The number of aryl methyl sites for hydroxylation is 1. The summed E-state index contributed by atoms with van der Waals surface area (Å²) in [5.41, 5.74) is 2.11. The molecular weight excluding hydrogens is 503 g/mol. The number of carbonyl (C=O) groups is 2. The second kappa shape index (κ2) is 10.5. The van der Waals surface area contributed by atoms with E-state index in [4.69, 9.17) is 11.6 Å². The van der Waals surface area contributed by atoms with Crippen LogP contribution in [0.4, 0.5) is 18.9 Å². The molecule has 0 aliphatic rings. The van der Waals surface area contributed by atoms with Gasteiger partial charge in [-0.1, -0.05) is 54.1 Å². The number of alkyl halides is 3. The van der Waals surface area contributed by atoms with E-state index in [-0.39, 0.29) is 17.5 Å². The minimum atomic E-state index is -4.45. The van der Waals surface area contributed by atoms with Crippen LogP contribution in [0.25, 0.3) is 11.1 Å². The molecule has 190 valence electrons. The number of amides is 2. The van der Waals surface area contributed by atoms with Crippen molar-refractivity contribution < 1.29 is 22.8 Å². The molecular formula is C28H23ClF3N3O2. The summed E-state index contributed by atoms with van der Waals surface area (Å²) < 4.78 is 40.4. The van der Waals surface area contributed by atoms with Gasteiger partial charge in [-0.3, -0.25) is 9.59 Å². The third-order valence-electron chi connectivity index (χ3n) is 5.91. The van der Waals surface area contributed by atoms with E-state index in [0.29, 0.717) is 27.5 Å². The average Bonchev–Trinajstić information content (AvgIpc) is 3.23. The van der Waals surface area contributed by atoms with E-state index < -0.39 is 17.6 Å². The van der Waals surface area contributed by atoms with Gasteiger partial charge in [0.15, 0.2) is 0 Å². The largest absolute Gasteiger partial charge is 0.416 e. The normalized spacial score (nSPS) is 12.2. The van der Waals surface area contributed by atoms with Gasteiger partial charge >= 0.3 is 6.18 Å². The third-order valence-corrected chi connectivity index (χ3v) is 6.16. The number of carbonyl (C=O) groups excluding carboxylic acids is 2. The molecule has 0 aliphatic heterocycles. The Hall–Kier alpha value is -4.04. The molecule has 0 bridgehead atoms. The summed E-state index contributed by atoms with van der Waals surface area (Å²) in [5.74, 6) is -0.779. The maximum atomic E-state index is 13.1. The molecule has 3 aromatic carbocycles. The van der Waals surface area contributed by atoms with E-state index in [1.54, 1.807) is 60.3 Å². The van der Waals surface area contributed by atoms with Crippen molar-refractivity contribution in [2.75, 3.05) is 5.32 Å². The first kappa shape index (κ1) is 26.0. The first-order valence-electron chi connectivity index (χ1n) is 11.3. The minimum absolute atomic E-state index is 0.270. The summed E-state index contributed by atoms with van der Waals surface area (Å²) in [6.07, 6.45) is -2.83. The molecule has 0 saturated heterocycles. The van der Waals surface area contributed by atoms with Crippen molar-refractivity contribution in [3.63, 3.8) is 0 Å². The molecule has 0 aliphatic carbocycles. The Kier molecular flexibility index (Phi) is 7.40. The number of aromatic nitrogens is 1. The monoisotopic (exact) mass is 525 g/mol. The van der Waals surface area contributed by atoms with Crippen molar-refractivity contribution in [1.82, 2.24) is 9.88 Å². The van der Waals surface area contributed by atoms with Crippen molar-refractivity contribution in [1.29, 1.82) is 0 Å². The van der Waals surface area contributed by atoms with Gasteiger partial charge in [0.05, 0.1) is 17.3 Å². The fourth-order valence-electron chi connectivity index (χ4n) is 3.93. The number of nitrogens with zero attached hydrogens (tertiary/aromatic N) is 1. The molecule has 1 aromatic heterocycles. The summed E-state index contributed by atoms with van der Waals surface area (Å²) in [5, 5.41) is 6.30. The Bertz CT molecular complexity index is 1430. The summed E-state index contributed by atoms with van der Waals surface area (Å²) in [6, 6.07) is 19.7. The van der Waals surface area contributed by atoms with E-state index >= 15 is 0 Å². The van der Waals surface area contributed by atoms with Crippen LogP contribution >= 0.6 is 11.6 Å². The topological polar surface area (TPSA) is 63.1 Å². The van der Waals surface area contributed by atoms with Crippen LogP contribution < -0.4 is 10.6 Å². The van der Waals surface area contributed by atoms with E-state index in [0.717, 1.165) is 17.7 Å². The molecule has 0 fully saturated rings. The third kappa shape index (κ3) is 6.03. The Labute approximate surface area is 216 Å². The van der Waals surface area contributed by atoms with Crippen molar-refractivity contribution in [2.24, 2.45) is 7.05 Å². The molecule has 37 heavy (non-hydrogen) atoms. The van der Waals surface area contributed by atoms with E-state index in [1.165, 1.54) is 12.1 Å². The number of hydrogen-bond acceptors (Lipinski definition) is 2. The molecule has 2 amide bonds. The van der Waals surface area contributed by atoms with Gasteiger partial charge in [0.2, 0.25) is 0 Å². The SMILES string of the molecule is CC(NC(=O)c1cc(NC(=O)c2ccccc2-c2ccc(C(F)(F)F)cc2)cn1C)c1ccc(Cl)cc1. The summed E-state index contributed by atoms with van der Waals surface area (Å²) >= 11 is 5.93. The van der Waals surface area contributed by atoms with Gasteiger partial charge in [-0.15, -0.1) is 0 Å². The van der Waals surface area contributed by atoms with Gasteiger partial charge < -0.3 is 15.2 Å². The van der Waals surface area contributed by atoms with Gasteiger partial charge in [-0.2, -0.15) is 13.2 Å². The highest BCUT2D eigenvalue weighted by Crippen LogP contribution is 2.32.